The van der Waals surface area contributed by atoms with E-state index in [4.69, 9.17) is 32.8 Å². The van der Waals surface area contributed by atoms with Crippen LogP contribution in [0.4, 0.5) is 0 Å². The monoisotopic (exact) mass is 756 g/mol. The molecule has 3 aliphatic heterocycles. The Morgan fingerprint density at radius 2 is 1.26 bits per heavy atom. The van der Waals surface area contributed by atoms with E-state index in [1.54, 1.807) is 0 Å². The third-order valence-electron chi connectivity index (χ3n) is 9.29. The van der Waals surface area contributed by atoms with Gasteiger partial charge in [-0.3, -0.25) is 4.79 Å². The predicted molar refractivity (Wildman–Crippen MR) is 171 cm³/mol. The summed E-state index contributed by atoms with van der Waals surface area (Å²) < 4.78 is 39.2. The number of fused-ring (bicyclic) bond motifs is 1. The van der Waals surface area contributed by atoms with Crippen molar-refractivity contribution in [3.05, 3.63) is 46.6 Å². The normalized spacial score (nSPS) is 37.8. The Balaban J connectivity index is 1.25. The van der Waals surface area contributed by atoms with Gasteiger partial charge in [-0.2, -0.15) is 0 Å². The van der Waals surface area contributed by atoms with Crippen LogP contribution in [0.3, 0.4) is 0 Å². The van der Waals surface area contributed by atoms with Gasteiger partial charge in [0.25, 0.3) is 0 Å². The molecule has 0 saturated carbocycles. The van der Waals surface area contributed by atoms with Crippen LogP contribution in [0.15, 0.2) is 45.6 Å². The number of rotatable bonds is 9. The summed E-state index contributed by atoms with van der Waals surface area (Å²) in [4.78, 5) is 13.1. The molecule has 20 heteroatoms. The lowest BCUT2D eigenvalue weighted by molar-refractivity contribution is -0.354. The molecule has 1 aromatic heterocycles. The SMILES string of the molecule is CC1O[C@@H](OC2C(O)[C@H](O)C(CO)O[C@H]2Oc2ccc(-c3cc(=O)c4c(O)cc(O[C@@H]5O[C@@H](CO)[C@@H](O)C(O)C5O)cc4o3)cc2O)[C@@H](O)C(O)[C@H]1O. The minimum atomic E-state index is -1.82. The number of phenols is 2. The van der Waals surface area contributed by atoms with Crippen LogP contribution in [-0.2, 0) is 18.9 Å². The summed E-state index contributed by atoms with van der Waals surface area (Å²) in [6.45, 7) is -0.0911. The molecule has 3 fully saturated rings. The Hall–Kier alpha value is -3.71. The van der Waals surface area contributed by atoms with Crippen LogP contribution in [-0.4, -0.2) is 167 Å². The summed E-state index contributed by atoms with van der Waals surface area (Å²) in [6, 6.07) is 6.89. The fourth-order valence-electron chi connectivity index (χ4n) is 6.22. The first kappa shape index (κ1) is 39.0. The van der Waals surface area contributed by atoms with E-state index in [0.717, 1.165) is 18.2 Å². The zero-order valence-electron chi connectivity index (χ0n) is 27.7. The molecule has 12 N–H and O–H groups in total. The Labute approximate surface area is 298 Å². The first-order valence-electron chi connectivity index (χ1n) is 16.4. The number of phenolic OH excluding ortho intramolecular Hbond substituents is 2. The van der Waals surface area contributed by atoms with E-state index in [9.17, 15) is 66.1 Å². The van der Waals surface area contributed by atoms with Crippen LogP contribution in [0.1, 0.15) is 6.92 Å². The maximum Gasteiger partial charge on any atom is 0.229 e. The molecule has 4 heterocycles. The Bertz CT molecular complexity index is 1800. The zero-order valence-corrected chi connectivity index (χ0v) is 27.7. The molecule has 3 aromatic rings. The van der Waals surface area contributed by atoms with Crippen molar-refractivity contribution in [2.45, 2.75) is 99.0 Å². The molecule has 6 rings (SSSR count). The topological polar surface area (TPSA) is 328 Å². The molecule has 3 saturated heterocycles. The number of ether oxygens (including phenoxy) is 6. The maximum absolute atomic E-state index is 13.1. The number of aromatic hydroxyl groups is 2. The summed E-state index contributed by atoms with van der Waals surface area (Å²) in [7, 11) is 0. The van der Waals surface area contributed by atoms with Crippen molar-refractivity contribution in [1.29, 1.82) is 0 Å². The highest BCUT2D eigenvalue weighted by Gasteiger charge is 2.51. The summed E-state index contributed by atoms with van der Waals surface area (Å²) in [6.07, 6.45) is -23.9. The van der Waals surface area contributed by atoms with Crippen LogP contribution in [0.25, 0.3) is 22.3 Å². The number of hydrogen-bond acceptors (Lipinski definition) is 20. The molecule has 0 amide bonds. The van der Waals surface area contributed by atoms with Crippen molar-refractivity contribution in [2.75, 3.05) is 13.2 Å². The van der Waals surface area contributed by atoms with Crippen LogP contribution in [0.2, 0.25) is 0 Å². The molecule has 15 atom stereocenters. The van der Waals surface area contributed by atoms with Gasteiger partial charge in [0.05, 0.1) is 19.3 Å². The molecule has 0 radical (unpaired) electrons. The van der Waals surface area contributed by atoms with Crippen LogP contribution < -0.4 is 14.9 Å². The Morgan fingerprint density at radius 1 is 0.642 bits per heavy atom. The van der Waals surface area contributed by atoms with Crippen LogP contribution in [0, 0.1) is 0 Å². The molecule has 3 aliphatic rings. The average molecular weight is 757 g/mol. The second-order valence-electron chi connectivity index (χ2n) is 12.9. The fourth-order valence-corrected chi connectivity index (χ4v) is 6.22. The van der Waals surface area contributed by atoms with Gasteiger partial charge in [0.15, 0.2) is 29.3 Å². The summed E-state index contributed by atoms with van der Waals surface area (Å²) in [5.74, 6) is -1.77. The lowest BCUT2D eigenvalue weighted by atomic mass is 9.97. The van der Waals surface area contributed by atoms with Crippen molar-refractivity contribution in [2.24, 2.45) is 0 Å². The van der Waals surface area contributed by atoms with Crippen molar-refractivity contribution in [3.63, 3.8) is 0 Å². The minimum absolute atomic E-state index is 0.106. The second-order valence-corrected chi connectivity index (χ2v) is 12.9. The number of aliphatic hydroxyl groups excluding tert-OH is 10. The third kappa shape index (κ3) is 7.52. The molecule has 0 spiro atoms. The van der Waals surface area contributed by atoms with E-state index in [2.05, 4.69) is 0 Å². The van der Waals surface area contributed by atoms with Gasteiger partial charge in [-0.25, -0.2) is 0 Å². The maximum atomic E-state index is 13.1. The molecule has 53 heavy (non-hydrogen) atoms. The fraction of sp³-hybridized carbons (Fsp3) is 0.545. The number of hydrogen-bond donors (Lipinski definition) is 12. The number of aliphatic hydroxyl groups is 10. The van der Waals surface area contributed by atoms with Gasteiger partial charge in [0, 0.05) is 23.8 Å². The molecule has 0 aliphatic carbocycles. The van der Waals surface area contributed by atoms with Gasteiger partial charge < -0.3 is 94.1 Å². The summed E-state index contributed by atoms with van der Waals surface area (Å²) in [5, 5.41) is 123. The van der Waals surface area contributed by atoms with Gasteiger partial charge in [-0.1, -0.05) is 0 Å². The summed E-state index contributed by atoms with van der Waals surface area (Å²) in [5.41, 5.74) is -0.825. The quantitative estimate of drug-likeness (QED) is 0.0992. The van der Waals surface area contributed by atoms with Crippen molar-refractivity contribution in [3.8, 4) is 34.3 Å². The van der Waals surface area contributed by atoms with Gasteiger partial charge in [0.1, 0.15) is 89.3 Å². The highest BCUT2D eigenvalue weighted by atomic mass is 16.8. The molecule has 292 valence electrons. The zero-order chi connectivity index (χ0) is 38.5. The van der Waals surface area contributed by atoms with Crippen LogP contribution in [0.5, 0.6) is 23.0 Å². The molecule has 2 aromatic carbocycles. The predicted octanol–water partition coefficient (Wildman–Crippen LogP) is -3.92. The first-order valence-corrected chi connectivity index (χ1v) is 16.4. The van der Waals surface area contributed by atoms with Crippen molar-refractivity contribution in [1.82, 2.24) is 0 Å². The molecule has 20 nitrogen and oxygen atoms in total. The Morgan fingerprint density at radius 3 is 1.92 bits per heavy atom. The van der Waals surface area contributed by atoms with E-state index < -0.39 is 122 Å². The smallest absolute Gasteiger partial charge is 0.229 e. The van der Waals surface area contributed by atoms with Gasteiger partial charge >= 0.3 is 0 Å². The van der Waals surface area contributed by atoms with E-state index in [-0.39, 0.29) is 33.8 Å². The average Bonchev–Trinajstić information content (AvgIpc) is 3.12. The van der Waals surface area contributed by atoms with Crippen LogP contribution >= 0.6 is 0 Å². The third-order valence-corrected chi connectivity index (χ3v) is 9.29. The first-order chi connectivity index (χ1) is 25.1. The molecular formula is C33H40O20. The van der Waals surface area contributed by atoms with E-state index >= 15 is 0 Å². The van der Waals surface area contributed by atoms with Gasteiger partial charge in [-0.15, -0.1) is 0 Å². The van der Waals surface area contributed by atoms with Crippen molar-refractivity contribution < 1.29 is 94.1 Å². The van der Waals surface area contributed by atoms with Gasteiger partial charge in [0.2, 0.25) is 12.6 Å². The number of benzene rings is 2. The minimum Gasteiger partial charge on any atom is -0.507 e. The molecule has 7 unspecified atom stereocenters. The van der Waals surface area contributed by atoms with Crippen molar-refractivity contribution >= 4 is 11.0 Å². The Kier molecular flexibility index (Phi) is 11.5. The summed E-state index contributed by atoms with van der Waals surface area (Å²) >= 11 is 0. The van der Waals surface area contributed by atoms with E-state index in [0.29, 0.717) is 0 Å². The van der Waals surface area contributed by atoms with E-state index in [1.807, 2.05) is 0 Å². The lowest BCUT2D eigenvalue weighted by Gasteiger charge is -2.45. The van der Waals surface area contributed by atoms with E-state index in [1.165, 1.54) is 25.1 Å². The highest BCUT2D eigenvalue weighted by molar-refractivity contribution is 5.86. The second kappa shape index (κ2) is 15.6. The molecule has 0 bridgehead atoms. The van der Waals surface area contributed by atoms with Gasteiger partial charge in [-0.05, 0) is 25.1 Å². The molecular weight excluding hydrogens is 716 g/mol. The standard InChI is InChI=1S/C33H40O20/c1-10-22(39)25(42)28(45)31(47-10)53-30-27(44)24(41)20(9-35)52-33(30)50-16-3-2-11(4-13(16)36)17-7-15(38)21-14(37)5-12(6-18(21)49-17)48-32-29(46)26(43)23(40)19(8-34)51-32/h2-7,10,19-20,22-37,39-46H,8-9H2,1H3/t10?,19-,20?,22-,23+,24+,25?,26?,27?,28-,29?,30?,31-,32+,33+/m0/s1. The highest BCUT2D eigenvalue weighted by Crippen LogP contribution is 2.38. The lowest BCUT2D eigenvalue weighted by Crippen LogP contribution is -2.64. The largest absolute Gasteiger partial charge is 0.507 e.